The molecule has 0 aromatic carbocycles. The second-order valence-electron chi connectivity index (χ2n) is 5.60. The number of amides is 1. The zero-order chi connectivity index (χ0) is 15.2. The first-order chi connectivity index (χ1) is 10.1. The van der Waals surface area contributed by atoms with Gasteiger partial charge in [0.15, 0.2) is 0 Å². The Balaban J connectivity index is 1.82. The average molecular weight is 308 g/mol. The number of hydrogen-bond donors (Lipinski definition) is 2. The third-order valence-electron chi connectivity index (χ3n) is 3.76. The van der Waals surface area contributed by atoms with Crippen molar-refractivity contribution in [3.05, 3.63) is 18.1 Å². The molecule has 0 spiro atoms. The van der Waals surface area contributed by atoms with E-state index in [2.05, 4.69) is 34.8 Å². The van der Waals surface area contributed by atoms with Crippen molar-refractivity contribution in [2.45, 2.75) is 50.8 Å². The van der Waals surface area contributed by atoms with E-state index in [9.17, 15) is 4.79 Å². The standard InChI is InChI=1S/C15H24N4OS/c1-3-12-9-14(17-10-16-12)18-13-4-6-19(7-5-13)15(20)8-11(2)21/h9-11,13,21H,3-8H2,1-2H3,(H,16,17,18). The Morgan fingerprint density at radius 1 is 1.48 bits per heavy atom. The highest BCUT2D eigenvalue weighted by molar-refractivity contribution is 7.80. The number of thiol groups is 1. The molecule has 1 aromatic rings. The summed E-state index contributed by atoms with van der Waals surface area (Å²) in [7, 11) is 0. The van der Waals surface area contributed by atoms with Crippen LogP contribution in [0.4, 0.5) is 5.82 Å². The van der Waals surface area contributed by atoms with Gasteiger partial charge in [-0.1, -0.05) is 13.8 Å². The summed E-state index contributed by atoms with van der Waals surface area (Å²) in [4.78, 5) is 22.4. The summed E-state index contributed by atoms with van der Waals surface area (Å²) >= 11 is 4.29. The zero-order valence-electron chi connectivity index (χ0n) is 12.7. The van der Waals surface area contributed by atoms with E-state index in [1.54, 1.807) is 6.33 Å². The lowest BCUT2D eigenvalue weighted by Crippen LogP contribution is -2.43. The van der Waals surface area contributed by atoms with Crippen LogP contribution in [0.2, 0.25) is 0 Å². The van der Waals surface area contributed by atoms with Gasteiger partial charge in [0.2, 0.25) is 5.91 Å². The predicted molar refractivity (Wildman–Crippen MR) is 87.7 cm³/mol. The third-order valence-corrected chi connectivity index (χ3v) is 3.94. The van der Waals surface area contributed by atoms with E-state index in [4.69, 9.17) is 0 Å². The Morgan fingerprint density at radius 2 is 2.19 bits per heavy atom. The van der Waals surface area contributed by atoms with Crippen molar-refractivity contribution in [2.24, 2.45) is 0 Å². The number of nitrogens with zero attached hydrogens (tertiary/aromatic N) is 3. The van der Waals surface area contributed by atoms with Gasteiger partial charge in [-0.2, -0.15) is 12.6 Å². The van der Waals surface area contributed by atoms with Crippen LogP contribution in [0.3, 0.4) is 0 Å². The van der Waals surface area contributed by atoms with Gasteiger partial charge in [-0.3, -0.25) is 4.79 Å². The molecular weight excluding hydrogens is 284 g/mol. The zero-order valence-corrected chi connectivity index (χ0v) is 13.6. The number of piperidine rings is 1. The lowest BCUT2D eigenvalue weighted by molar-refractivity contribution is -0.132. The van der Waals surface area contributed by atoms with Crippen molar-refractivity contribution in [1.82, 2.24) is 14.9 Å². The second-order valence-corrected chi connectivity index (χ2v) is 6.48. The van der Waals surface area contributed by atoms with Gasteiger partial charge in [0.1, 0.15) is 12.1 Å². The van der Waals surface area contributed by atoms with Gasteiger partial charge in [-0.15, -0.1) is 0 Å². The summed E-state index contributed by atoms with van der Waals surface area (Å²) in [5.74, 6) is 1.10. The fourth-order valence-electron chi connectivity index (χ4n) is 2.53. The van der Waals surface area contributed by atoms with E-state index in [-0.39, 0.29) is 11.2 Å². The Labute approximate surface area is 132 Å². The van der Waals surface area contributed by atoms with Crippen molar-refractivity contribution in [3.8, 4) is 0 Å². The molecule has 0 saturated carbocycles. The molecule has 2 rings (SSSR count). The van der Waals surface area contributed by atoms with Crippen LogP contribution in [0.15, 0.2) is 12.4 Å². The first-order valence-corrected chi connectivity index (χ1v) is 8.13. The Morgan fingerprint density at radius 3 is 2.81 bits per heavy atom. The second kappa shape index (κ2) is 7.64. The minimum Gasteiger partial charge on any atom is -0.367 e. The topological polar surface area (TPSA) is 58.1 Å². The van der Waals surface area contributed by atoms with Gasteiger partial charge < -0.3 is 10.2 Å². The van der Waals surface area contributed by atoms with Gasteiger partial charge in [0.05, 0.1) is 0 Å². The maximum absolute atomic E-state index is 12.0. The fraction of sp³-hybridized carbons (Fsp3) is 0.667. The van der Waals surface area contributed by atoms with Gasteiger partial charge >= 0.3 is 0 Å². The lowest BCUT2D eigenvalue weighted by Gasteiger charge is -2.33. The molecule has 6 heteroatoms. The van der Waals surface area contributed by atoms with Gasteiger partial charge in [0.25, 0.3) is 0 Å². The van der Waals surface area contributed by atoms with Crippen LogP contribution in [-0.2, 0) is 11.2 Å². The highest BCUT2D eigenvalue weighted by Gasteiger charge is 2.23. The average Bonchev–Trinajstić information content (AvgIpc) is 2.47. The SMILES string of the molecule is CCc1cc(NC2CCN(C(=O)CC(C)S)CC2)ncn1. The van der Waals surface area contributed by atoms with Crippen LogP contribution in [0.25, 0.3) is 0 Å². The molecule has 5 nitrogen and oxygen atoms in total. The molecule has 1 fully saturated rings. The minimum absolute atomic E-state index is 0.127. The largest absolute Gasteiger partial charge is 0.367 e. The first kappa shape index (κ1) is 16.1. The number of carbonyl (C=O) groups excluding carboxylic acids is 1. The molecule has 0 radical (unpaired) electrons. The maximum atomic E-state index is 12.0. The number of hydrogen-bond acceptors (Lipinski definition) is 5. The predicted octanol–water partition coefficient (Wildman–Crippen LogP) is 2.15. The molecule has 1 unspecified atom stereocenters. The molecule has 1 saturated heterocycles. The summed E-state index contributed by atoms with van der Waals surface area (Å²) in [6.45, 7) is 5.65. The van der Waals surface area contributed by atoms with Crippen molar-refractivity contribution in [2.75, 3.05) is 18.4 Å². The minimum atomic E-state index is 0.127. The number of anilines is 1. The molecule has 1 amide bonds. The molecular formula is C15H24N4OS. The number of aryl methyl sites for hydroxylation is 1. The van der Waals surface area contributed by atoms with Gasteiger partial charge in [0, 0.05) is 42.6 Å². The highest BCUT2D eigenvalue weighted by atomic mass is 32.1. The molecule has 1 atom stereocenters. The number of nitrogens with one attached hydrogen (secondary N) is 1. The first-order valence-electron chi connectivity index (χ1n) is 7.61. The third kappa shape index (κ3) is 4.88. The van der Waals surface area contributed by atoms with Crippen LogP contribution in [0.1, 0.15) is 38.8 Å². The van der Waals surface area contributed by atoms with E-state index in [0.29, 0.717) is 12.5 Å². The monoisotopic (exact) mass is 308 g/mol. The van der Waals surface area contributed by atoms with E-state index in [1.165, 1.54) is 0 Å². The molecule has 0 bridgehead atoms. The van der Waals surface area contributed by atoms with Crippen molar-refractivity contribution in [1.29, 1.82) is 0 Å². The summed E-state index contributed by atoms with van der Waals surface area (Å²) in [5, 5.41) is 3.58. The molecule has 1 aromatic heterocycles. The molecule has 1 N–H and O–H groups in total. The molecule has 21 heavy (non-hydrogen) atoms. The Bertz CT molecular complexity index is 472. The van der Waals surface area contributed by atoms with E-state index in [0.717, 1.165) is 43.9 Å². The summed E-state index contributed by atoms with van der Waals surface area (Å²) in [6.07, 6.45) is 4.95. The van der Waals surface area contributed by atoms with Crippen LogP contribution >= 0.6 is 12.6 Å². The number of aromatic nitrogens is 2. The molecule has 0 aliphatic carbocycles. The Kier molecular flexibility index (Phi) is 5.85. The summed E-state index contributed by atoms with van der Waals surface area (Å²) < 4.78 is 0. The van der Waals surface area contributed by atoms with E-state index < -0.39 is 0 Å². The number of carbonyl (C=O) groups is 1. The molecule has 1 aliphatic heterocycles. The summed E-state index contributed by atoms with van der Waals surface area (Å²) in [6, 6.07) is 2.38. The number of likely N-dealkylation sites (tertiary alicyclic amines) is 1. The number of rotatable bonds is 5. The highest BCUT2D eigenvalue weighted by Crippen LogP contribution is 2.17. The van der Waals surface area contributed by atoms with Crippen LogP contribution in [-0.4, -0.2) is 45.2 Å². The molecule has 1 aliphatic rings. The molecule has 2 heterocycles. The van der Waals surface area contributed by atoms with Crippen molar-refractivity contribution >= 4 is 24.4 Å². The van der Waals surface area contributed by atoms with Crippen LogP contribution in [0.5, 0.6) is 0 Å². The van der Waals surface area contributed by atoms with Gasteiger partial charge in [-0.05, 0) is 19.3 Å². The molecule has 116 valence electrons. The van der Waals surface area contributed by atoms with Crippen molar-refractivity contribution < 1.29 is 4.79 Å². The van der Waals surface area contributed by atoms with E-state index in [1.807, 2.05) is 17.9 Å². The lowest BCUT2D eigenvalue weighted by atomic mass is 10.0. The van der Waals surface area contributed by atoms with E-state index >= 15 is 0 Å². The van der Waals surface area contributed by atoms with Crippen LogP contribution < -0.4 is 5.32 Å². The quantitative estimate of drug-likeness (QED) is 0.818. The fourth-order valence-corrected chi connectivity index (χ4v) is 2.69. The normalized spacial score (nSPS) is 17.6. The Hall–Kier alpha value is -1.30. The van der Waals surface area contributed by atoms with Crippen LogP contribution in [0, 0.1) is 0 Å². The maximum Gasteiger partial charge on any atom is 0.223 e. The van der Waals surface area contributed by atoms with Gasteiger partial charge in [-0.25, -0.2) is 9.97 Å². The van der Waals surface area contributed by atoms with Crippen molar-refractivity contribution in [3.63, 3.8) is 0 Å². The summed E-state index contributed by atoms with van der Waals surface area (Å²) in [5.41, 5.74) is 1.04. The smallest absolute Gasteiger partial charge is 0.223 e.